The molecule has 9 nitrogen and oxygen atoms in total. The van der Waals surface area contributed by atoms with Gasteiger partial charge in [0.1, 0.15) is 19.1 Å². The summed E-state index contributed by atoms with van der Waals surface area (Å²) in [6.45, 7) is 6.29. The molecule has 1 fully saturated rings. The normalized spacial score (nSPS) is 18.1. The smallest absolute Gasteiger partial charge is 0.342 e. The van der Waals surface area contributed by atoms with E-state index in [0.29, 0.717) is 47.3 Å². The molecule has 5 rings (SSSR count). The van der Waals surface area contributed by atoms with E-state index in [-0.39, 0.29) is 12.8 Å². The molecule has 1 aliphatic heterocycles. The number of carbonyl (C=O) groups excluding carboxylic acids is 1. The topological polar surface area (TPSA) is 110 Å². The van der Waals surface area contributed by atoms with Crippen LogP contribution in [0.2, 0.25) is 0 Å². The van der Waals surface area contributed by atoms with Gasteiger partial charge in [0, 0.05) is 11.8 Å². The first-order chi connectivity index (χ1) is 23.0. The molecule has 9 heteroatoms. The van der Waals surface area contributed by atoms with Crippen LogP contribution in [0.1, 0.15) is 43.0 Å². The molecule has 4 aromatic carbocycles. The number of hydrogen-bond acceptors (Lipinski definition) is 8. The van der Waals surface area contributed by atoms with Crippen molar-refractivity contribution in [3.63, 3.8) is 0 Å². The van der Waals surface area contributed by atoms with Crippen LogP contribution in [0.15, 0.2) is 97.1 Å². The summed E-state index contributed by atoms with van der Waals surface area (Å²) in [7, 11) is 3.05. The van der Waals surface area contributed by atoms with E-state index >= 15 is 0 Å². The van der Waals surface area contributed by atoms with Crippen LogP contribution in [0.25, 0.3) is 0 Å². The molecule has 0 spiro atoms. The predicted molar refractivity (Wildman–Crippen MR) is 179 cm³/mol. The quantitative estimate of drug-likeness (QED) is 0.143. The number of ether oxygens (including phenoxy) is 6. The molecular weight excluding hydrogens is 612 g/mol. The molecule has 0 amide bonds. The fourth-order valence-corrected chi connectivity index (χ4v) is 5.64. The molecule has 0 aromatic heterocycles. The van der Waals surface area contributed by atoms with Gasteiger partial charge in [-0.05, 0) is 52.9 Å². The van der Waals surface area contributed by atoms with Crippen molar-refractivity contribution in [1.29, 1.82) is 0 Å². The Labute approximate surface area is 281 Å². The first kappa shape index (κ1) is 34.3. The van der Waals surface area contributed by atoms with Crippen molar-refractivity contribution in [3.05, 3.63) is 119 Å². The summed E-state index contributed by atoms with van der Waals surface area (Å²) in [6, 6.07) is 30.0. The van der Waals surface area contributed by atoms with Crippen molar-refractivity contribution in [2.45, 2.75) is 58.7 Å². The zero-order chi connectivity index (χ0) is 34.3. The number of carboxylic acid groups (broad SMARTS) is 1. The molecule has 0 radical (unpaired) electrons. The van der Waals surface area contributed by atoms with E-state index in [0.717, 1.165) is 11.1 Å². The summed E-state index contributed by atoms with van der Waals surface area (Å²) in [4.78, 5) is 26.9. The van der Waals surface area contributed by atoms with E-state index in [1.807, 2.05) is 81.4 Å². The maximum atomic E-state index is 13.9. The summed E-state index contributed by atoms with van der Waals surface area (Å²) in [6.07, 6.45) is -1.06. The monoisotopic (exact) mass is 654 g/mol. The van der Waals surface area contributed by atoms with Crippen LogP contribution in [0, 0.1) is 11.3 Å². The van der Waals surface area contributed by atoms with Crippen LogP contribution in [-0.4, -0.2) is 43.2 Å². The van der Waals surface area contributed by atoms with Gasteiger partial charge in [0.2, 0.25) is 6.29 Å². The van der Waals surface area contributed by atoms with Gasteiger partial charge in [-0.1, -0.05) is 93.6 Å². The van der Waals surface area contributed by atoms with Gasteiger partial charge < -0.3 is 33.5 Å². The average Bonchev–Trinajstić information content (AvgIpc) is 3.43. The zero-order valence-electron chi connectivity index (χ0n) is 27.9. The molecule has 0 unspecified atom stereocenters. The molecule has 252 valence electrons. The number of aliphatic carboxylic acids is 1. The molecule has 1 heterocycles. The van der Waals surface area contributed by atoms with Crippen molar-refractivity contribution in [3.8, 4) is 23.0 Å². The Balaban J connectivity index is 1.44. The van der Waals surface area contributed by atoms with Crippen molar-refractivity contribution >= 4 is 11.9 Å². The number of esters is 1. The fourth-order valence-electron chi connectivity index (χ4n) is 5.64. The van der Waals surface area contributed by atoms with Gasteiger partial charge in [0.25, 0.3) is 0 Å². The molecule has 4 aromatic rings. The van der Waals surface area contributed by atoms with Crippen molar-refractivity contribution in [2.75, 3.05) is 14.2 Å². The van der Waals surface area contributed by atoms with Crippen LogP contribution < -0.4 is 18.9 Å². The molecule has 3 atom stereocenters. The average molecular weight is 655 g/mol. The van der Waals surface area contributed by atoms with Gasteiger partial charge in [0.05, 0.1) is 14.2 Å². The lowest BCUT2D eigenvalue weighted by Crippen LogP contribution is -2.51. The van der Waals surface area contributed by atoms with E-state index in [1.54, 1.807) is 36.4 Å². The van der Waals surface area contributed by atoms with Crippen molar-refractivity contribution in [2.24, 2.45) is 11.3 Å². The molecule has 1 aliphatic rings. The van der Waals surface area contributed by atoms with Gasteiger partial charge in [0.15, 0.2) is 28.6 Å². The van der Waals surface area contributed by atoms with Gasteiger partial charge in [-0.3, -0.25) is 4.79 Å². The summed E-state index contributed by atoms with van der Waals surface area (Å²) in [5, 5.41) is 10.7. The highest BCUT2D eigenvalue weighted by atomic mass is 16.8. The maximum absolute atomic E-state index is 13.9. The predicted octanol–water partition coefficient (Wildman–Crippen LogP) is 7.03. The lowest BCUT2D eigenvalue weighted by atomic mass is 9.78. The van der Waals surface area contributed by atoms with Crippen LogP contribution in [0.4, 0.5) is 0 Å². The molecule has 0 aliphatic carbocycles. The lowest BCUT2D eigenvalue weighted by Gasteiger charge is -2.33. The van der Waals surface area contributed by atoms with E-state index in [4.69, 9.17) is 28.4 Å². The third-order valence-corrected chi connectivity index (χ3v) is 8.28. The van der Waals surface area contributed by atoms with E-state index < -0.39 is 35.2 Å². The summed E-state index contributed by atoms with van der Waals surface area (Å²) >= 11 is 0. The van der Waals surface area contributed by atoms with Gasteiger partial charge >= 0.3 is 11.9 Å². The molecular formula is C39H42O9. The maximum Gasteiger partial charge on any atom is 0.342 e. The Kier molecular flexibility index (Phi) is 10.6. The second kappa shape index (κ2) is 14.8. The van der Waals surface area contributed by atoms with Crippen LogP contribution in [-0.2, 0) is 45.1 Å². The number of rotatable bonds is 14. The first-order valence-electron chi connectivity index (χ1n) is 15.8. The number of carbonyl (C=O) groups is 2. The number of methoxy groups -OCH3 is 2. The Bertz CT molecular complexity index is 1700. The zero-order valence-corrected chi connectivity index (χ0v) is 27.9. The summed E-state index contributed by atoms with van der Waals surface area (Å²) in [5.74, 6) is -1.32. The minimum absolute atomic E-state index is 0.0357. The highest BCUT2D eigenvalue weighted by molar-refractivity contribution is 5.89. The van der Waals surface area contributed by atoms with Gasteiger partial charge in [-0.2, -0.15) is 0 Å². The van der Waals surface area contributed by atoms with E-state index in [2.05, 4.69) is 0 Å². The Morgan fingerprint density at radius 3 is 1.71 bits per heavy atom. The third kappa shape index (κ3) is 7.91. The SMILES string of the molecule is COc1cc(C[C@H](C(=O)O)[C@@]2(Cc3ccc(OCc4ccccc4)c(OC)c3)O[C@@H](C(C)(C)C)OC2=O)ccc1OCc1ccccc1. The molecule has 1 saturated heterocycles. The second-order valence-electron chi connectivity index (χ2n) is 12.9. The number of cyclic esters (lactones) is 1. The Hall–Kier alpha value is -5.02. The van der Waals surface area contributed by atoms with Crippen molar-refractivity contribution < 1.29 is 43.1 Å². The highest BCUT2D eigenvalue weighted by Crippen LogP contribution is 2.44. The highest BCUT2D eigenvalue weighted by Gasteiger charge is 2.60. The van der Waals surface area contributed by atoms with E-state index in [9.17, 15) is 14.7 Å². The lowest BCUT2D eigenvalue weighted by molar-refractivity contribution is -0.173. The fraction of sp³-hybridized carbons (Fsp3) is 0.333. The van der Waals surface area contributed by atoms with Crippen LogP contribution in [0.5, 0.6) is 23.0 Å². The Morgan fingerprint density at radius 2 is 1.25 bits per heavy atom. The summed E-state index contributed by atoms with van der Waals surface area (Å²) < 4.78 is 35.5. The van der Waals surface area contributed by atoms with Gasteiger partial charge in [-0.25, -0.2) is 4.79 Å². The van der Waals surface area contributed by atoms with Crippen LogP contribution in [0.3, 0.4) is 0 Å². The van der Waals surface area contributed by atoms with Crippen molar-refractivity contribution in [1.82, 2.24) is 0 Å². The number of carboxylic acids is 1. The molecule has 48 heavy (non-hydrogen) atoms. The number of hydrogen-bond donors (Lipinski definition) is 1. The Morgan fingerprint density at radius 1 is 0.750 bits per heavy atom. The molecule has 0 saturated carbocycles. The van der Waals surface area contributed by atoms with Gasteiger partial charge in [-0.15, -0.1) is 0 Å². The largest absolute Gasteiger partial charge is 0.493 e. The van der Waals surface area contributed by atoms with E-state index in [1.165, 1.54) is 14.2 Å². The number of benzene rings is 4. The molecule has 0 bridgehead atoms. The van der Waals surface area contributed by atoms with Crippen LogP contribution >= 0.6 is 0 Å². The second-order valence-corrected chi connectivity index (χ2v) is 12.9. The standard InChI is InChI=1S/C39H42O9/c1-38(2,3)37-47-36(42)39(48-37,23-29-17-19-32(34(22-29)44-5)46-25-27-14-10-7-11-15-27)30(35(40)41)20-28-16-18-31(33(21-28)43-4)45-24-26-12-8-6-9-13-26/h6-19,21-22,30,37H,20,23-25H2,1-5H3,(H,40,41)/t30-,37+,39-/m1/s1. The minimum Gasteiger partial charge on any atom is -0.493 e. The first-order valence-corrected chi connectivity index (χ1v) is 15.8. The third-order valence-electron chi connectivity index (χ3n) is 8.28. The minimum atomic E-state index is -1.84. The molecule has 1 N–H and O–H groups in total. The summed E-state index contributed by atoms with van der Waals surface area (Å²) in [5.41, 5.74) is 0.803.